The Hall–Kier alpha value is -1.79. The topological polar surface area (TPSA) is 87.7 Å². The Balaban J connectivity index is 2.27. The highest BCUT2D eigenvalue weighted by atomic mass is 35.5. The summed E-state index contributed by atoms with van der Waals surface area (Å²) in [4.78, 5) is 23.9. The molecule has 1 heterocycles. The molecule has 3 N–H and O–H groups in total. The van der Waals surface area contributed by atoms with Crippen LogP contribution in [0.5, 0.6) is 5.75 Å². The smallest absolute Gasteiger partial charge is 0.278 e. The van der Waals surface area contributed by atoms with E-state index in [4.69, 9.17) is 21.4 Å². The van der Waals surface area contributed by atoms with Gasteiger partial charge >= 0.3 is 0 Å². The average molecular weight is 285 g/mol. The number of amides is 2. The molecule has 0 fully saturated rings. The van der Waals surface area contributed by atoms with Crippen molar-refractivity contribution in [2.24, 2.45) is 0 Å². The van der Waals surface area contributed by atoms with Crippen LogP contribution in [0.15, 0.2) is 18.2 Å². The van der Waals surface area contributed by atoms with Crippen molar-refractivity contribution in [3.05, 3.63) is 23.2 Å². The number of hydrogen-bond donors (Lipinski definition) is 3. The lowest BCUT2D eigenvalue weighted by molar-refractivity contribution is -0.146. The van der Waals surface area contributed by atoms with Crippen molar-refractivity contribution in [3.8, 4) is 5.75 Å². The maximum Gasteiger partial charge on any atom is 0.278 e. The van der Waals surface area contributed by atoms with Crippen molar-refractivity contribution in [1.29, 1.82) is 0 Å². The molecule has 19 heavy (non-hydrogen) atoms. The van der Waals surface area contributed by atoms with Gasteiger partial charge in [-0.1, -0.05) is 11.6 Å². The Morgan fingerprint density at radius 3 is 3.00 bits per heavy atom. The summed E-state index contributed by atoms with van der Waals surface area (Å²) in [6.45, 7) is 1.21. The summed E-state index contributed by atoms with van der Waals surface area (Å²) in [7, 11) is 0. The van der Waals surface area contributed by atoms with Crippen molar-refractivity contribution < 1.29 is 19.4 Å². The van der Waals surface area contributed by atoms with Crippen LogP contribution in [0.4, 0.5) is 5.69 Å². The molecule has 7 heteroatoms. The molecule has 0 saturated heterocycles. The first-order valence-corrected chi connectivity index (χ1v) is 6.04. The lowest BCUT2D eigenvalue weighted by atomic mass is 10.0. The number of halogens is 1. The summed E-state index contributed by atoms with van der Waals surface area (Å²) in [6, 6.07) is 4.72. The Morgan fingerprint density at radius 2 is 2.32 bits per heavy atom. The van der Waals surface area contributed by atoms with Gasteiger partial charge in [-0.2, -0.15) is 0 Å². The van der Waals surface area contributed by atoms with E-state index in [2.05, 4.69) is 10.6 Å². The zero-order valence-corrected chi connectivity index (χ0v) is 11.0. The zero-order chi connectivity index (χ0) is 14.0. The fourth-order valence-corrected chi connectivity index (χ4v) is 1.86. The second-order valence-electron chi connectivity index (χ2n) is 4.21. The molecule has 0 unspecified atom stereocenters. The number of benzene rings is 1. The molecular weight excluding hydrogens is 272 g/mol. The number of carbonyl (C=O) groups is 2. The quantitative estimate of drug-likeness (QED) is 0.707. The Kier molecular flexibility index (Phi) is 3.64. The van der Waals surface area contributed by atoms with E-state index >= 15 is 0 Å². The molecule has 0 aromatic heterocycles. The van der Waals surface area contributed by atoms with E-state index in [1.165, 1.54) is 6.92 Å². The minimum atomic E-state index is -1.67. The number of nitrogens with one attached hydrogen (secondary N) is 2. The summed E-state index contributed by atoms with van der Waals surface area (Å²) < 4.78 is 5.48. The molecule has 1 aromatic carbocycles. The van der Waals surface area contributed by atoms with Gasteiger partial charge in [0.05, 0.1) is 12.3 Å². The number of ether oxygens (including phenoxy) is 1. The number of carbonyl (C=O) groups excluding carboxylic acids is 2. The predicted octanol–water partition coefficient (Wildman–Crippen LogP) is 0.538. The van der Waals surface area contributed by atoms with Crippen molar-refractivity contribution in [1.82, 2.24) is 5.32 Å². The highest BCUT2D eigenvalue weighted by Gasteiger charge is 2.47. The third-order valence-corrected chi connectivity index (χ3v) is 3.00. The van der Waals surface area contributed by atoms with E-state index in [1.807, 2.05) is 0 Å². The van der Waals surface area contributed by atoms with Crippen LogP contribution in [-0.4, -0.2) is 35.7 Å². The molecule has 2 amide bonds. The van der Waals surface area contributed by atoms with E-state index in [0.717, 1.165) is 0 Å². The first-order chi connectivity index (χ1) is 8.97. The molecule has 0 bridgehead atoms. The van der Waals surface area contributed by atoms with Crippen molar-refractivity contribution in [2.75, 3.05) is 18.5 Å². The van der Waals surface area contributed by atoms with Crippen molar-refractivity contribution >= 4 is 29.1 Å². The molecule has 2 rings (SSSR count). The highest BCUT2D eigenvalue weighted by Crippen LogP contribution is 2.35. The standard InChI is InChI=1S/C12H13ClN2O4/c1-12(10(17)14-4-5-16)11(18)15-8-6-7(13)2-3-9(8)19-12/h2-3,6,16H,4-5H2,1H3,(H,14,17)(H,15,18)/t12-/m0/s1. The molecule has 102 valence electrons. The minimum absolute atomic E-state index is 0.0541. The van der Waals surface area contributed by atoms with E-state index < -0.39 is 17.4 Å². The highest BCUT2D eigenvalue weighted by molar-refractivity contribution is 6.31. The molecular formula is C12H13ClN2O4. The van der Waals surface area contributed by atoms with Gasteiger partial charge in [0.1, 0.15) is 5.75 Å². The first-order valence-electron chi connectivity index (χ1n) is 5.66. The minimum Gasteiger partial charge on any atom is -0.466 e. The third kappa shape index (κ3) is 2.50. The normalized spacial score (nSPS) is 21.1. The van der Waals surface area contributed by atoms with E-state index in [-0.39, 0.29) is 13.2 Å². The molecule has 0 radical (unpaired) electrons. The molecule has 1 aromatic rings. The van der Waals surface area contributed by atoms with Gasteiger partial charge in [0.25, 0.3) is 17.4 Å². The summed E-state index contributed by atoms with van der Waals surface area (Å²) in [5, 5.41) is 14.1. The molecule has 0 saturated carbocycles. The van der Waals surface area contributed by atoms with Gasteiger partial charge in [0.15, 0.2) is 0 Å². The lowest BCUT2D eigenvalue weighted by Gasteiger charge is -2.33. The molecule has 0 spiro atoms. The van der Waals surface area contributed by atoms with Crippen LogP contribution in [0, 0.1) is 0 Å². The predicted molar refractivity (Wildman–Crippen MR) is 69.2 cm³/mol. The number of aliphatic hydroxyl groups excluding tert-OH is 1. The Morgan fingerprint density at radius 1 is 1.58 bits per heavy atom. The fraction of sp³-hybridized carbons (Fsp3) is 0.333. The zero-order valence-electron chi connectivity index (χ0n) is 10.2. The molecule has 0 aliphatic carbocycles. The van der Waals surface area contributed by atoms with E-state index in [1.54, 1.807) is 18.2 Å². The van der Waals surface area contributed by atoms with E-state index in [0.29, 0.717) is 16.5 Å². The van der Waals surface area contributed by atoms with Gasteiger partial charge in [-0.25, -0.2) is 0 Å². The molecule has 1 aliphatic heterocycles. The van der Waals surface area contributed by atoms with Crippen molar-refractivity contribution in [3.63, 3.8) is 0 Å². The maximum absolute atomic E-state index is 12.0. The van der Waals surface area contributed by atoms with Crippen LogP contribution >= 0.6 is 11.6 Å². The third-order valence-electron chi connectivity index (χ3n) is 2.77. The van der Waals surface area contributed by atoms with Gasteiger partial charge in [0, 0.05) is 11.6 Å². The lowest BCUT2D eigenvalue weighted by Crippen LogP contribution is -2.59. The van der Waals surface area contributed by atoms with Crippen LogP contribution in [-0.2, 0) is 9.59 Å². The Bertz CT molecular complexity index is 534. The van der Waals surface area contributed by atoms with Gasteiger partial charge in [-0.05, 0) is 25.1 Å². The summed E-state index contributed by atoms with van der Waals surface area (Å²) in [5.74, 6) is -0.831. The second kappa shape index (κ2) is 5.07. The van der Waals surface area contributed by atoms with Gasteiger partial charge in [-0.3, -0.25) is 9.59 Å². The number of rotatable bonds is 3. The number of anilines is 1. The second-order valence-corrected chi connectivity index (χ2v) is 4.65. The summed E-state index contributed by atoms with van der Waals surface area (Å²) in [5.41, 5.74) is -1.25. The monoisotopic (exact) mass is 284 g/mol. The van der Waals surface area contributed by atoms with Crippen LogP contribution in [0.25, 0.3) is 0 Å². The average Bonchev–Trinajstić information content (AvgIpc) is 2.37. The van der Waals surface area contributed by atoms with E-state index in [9.17, 15) is 9.59 Å². The molecule has 6 nitrogen and oxygen atoms in total. The largest absolute Gasteiger partial charge is 0.466 e. The Labute approximate surface area is 114 Å². The van der Waals surface area contributed by atoms with Gasteiger partial charge in [0.2, 0.25) is 0 Å². The molecule has 1 aliphatic rings. The summed E-state index contributed by atoms with van der Waals surface area (Å²) in [6.07, 6.45) is 0. The van der Waals surface area contributed by atoms with Crippen LogP contribution in [0.3, 0.4) is 0 Å². The summed E-state index contributed by atoms with van der Waals surface area (Å²) >= 11 is 5.81. The van der Waals surface area contributed by atoms with Gasteiger partial charge in [-0.15, -0.1) is 0 Å². The molecule has 1 atom stereocenters. The van der Waals surface area contributed by atoms with Crippen LogP contribution in [0.2, 0.25) is 5.02 Å². The number of fused-ring (bicyclic) bond motifs is 1. The fourth-order valence-electron chi connectivity index (χ4n) is 1.68. The van der Waals surface area contributed by atoms with Crippen molar-refractivity contribution in [2.45, 2.75) is 12.5 Å². The number of hydrogen-bond acceptors (Lipinski definition) is 4. The van der Waals surface area contributed by atoms with Crippen LogP contribution < -0.4 is 15.4 Å². The first kappa shape index (κ1) is 13.6. The van der Waals surface area contributed by atoms with Crippen LogP contribution in [0.1, 0.15) is 6.92 Å². The maximum atomic E-state index is 12.0. The number of aliphatic hydroxyl groups is 1. The SMILES string of the molecule is C[C@@]1(C(=O)NCCO)Oc2ccc(Cl)cc2NC1=O. The van der Waals surface area contributed by atoms with Gasteiger partial charge < -0.3 is 20.5 Å².